The van der Waals surface area contributed by atoms with Gasteiger partial charge in [0.05, 0.1) is 6.42 Å². The molecule has 29 heavy (non-hydrogen) atoms. The van der Waals surface area contributed by atoms with Gasteiger partial charge in [0.15, 0.2) is 0 Å². The Balaban J connectivity index is 2.26. The third-order valence-corrected chi connectivity index (χ3v) is 5.25. The van der Waals surface area contributed by atoms with Gasteiger partial charge in [0, 0.05) is 13.1 Å². The Labute approximate surface area is 175 Å². The summed E-state index contributed by atoms with van der Waals surface area (Å²) >= 11 is 0. The largest absolute Gasteiger partial charge is 0.354 e. The van der Waals surface area contributed by atoms with E-state index in [1.165, 1.54) is 0 Å². The fourth-order valence-corrected chi connectivity index (χ4v) is 3.51. The van der Waals surface area contributed by atoms with Crippen LogP contribution in [-0.2, 0) is 22.6 Å². The van der Waals surface area contributed by atoms with Gasteiger partial charge in [-0.15, -0.1) is 0 Å². The molecule has 4 heteroatoms. The Kier molecular flexibility index (Phi) is 8.91. The zero-order valence-corrected chi connectivity index (χ0v) is 18.2. The van der Waals surface area contributed by atoms with Gasteiger partial charge in [0.25, 0.3) is 0 Å². The van der Waals surface area contributed by atoms with Crippen molar-refractivity contribution in [1.29, 1.82) is 0 Å². The molecule has 0 radical (unpaired) electrons. The summed E-state index contributed by atoms with van der Waals surface area (Å²) in [7, 11) is 0. The molecule has 0 heterocycles. The van der Waals surface area contributed by atoms with Crippen molar-refractivity contribution in [2.24, 2.45) is 0 Å². The highest BCUT2D eigenvalue weighted by Crippen LogP contribution is 2.17. The molecule has 0 aliphatic carbocycles. The van der Waals surface area contributed by atoms with E-state index < -0.39 is 6.04 Å². The minimum Gasteiger partial charge on any atom is -0.354 e. The Hall–Kier alpha value is -2.62. The number of hydrogen-bond donors (Lipinski definition) is 1. The fraction of sp³-hybridized carbons (Fsp3) is 0.440. The van der Waals surface area contributed by atoms with Gasteiger partial charge in [-0.1, -0.05) is 74.4 Å². The van der Waals surface area contributed by atoms with Crippen LogP contribution in [0, 0.1) is 13.8 Å². The van der Waals surface area contributed by atoms with Crippen LogP contribution in [0.2, 0.25) is 0 Å². The van der Waals surface area contributed by atoms with Gasteiger partial charge in [-0.25, -0.2) is 0 Å². The SMILES string of the molecule is CCCCNC(=O)C(CC)N(Cc1cccc(C)c1)C(=O)Cc1ccccc1C. The molecular formula is C25H34N2O2. The first kappa shape index (κ1) is 22.7. The van der Waals surface area contributed by atoms with Crippen LogP contribution in [0.3, 0.4) is 0 Å². The van der Waals surface area contributed by atoms with Crippen molar-refractivity contribution >= 4 is 11.8 Å². The summed E-state index contributed by atoms with van der Waals surface area (Å²) in [6.07, 6.45) is 2.86. The Morgan fingerprint density at radius 2 is 1.79 bits per heavy atom. The van der Waals surface area contributed by atoms with Gasteiger partial charge < -0.3 is 10.2 Å². The minimum absolute atomic E-state index is 0.0155. The molecule has 156 valence electrons. The molecule has 0 saturated carbocycles. The zero-order chi connectivity index (χ0) is 21.2. The summed E-state index contributed by atoms with van der Waals surface area (Å²) in [6.45, 7) is 9.20. The van der Waals surface area contributed by atoms with Crippen molar-refractivity contribution in [3.05, 3.63) is 70.8 Å². The highest BCUT2D eigenvalue weighted by atomic mass is 16.2. The molecule has 4 nitrogen and oxygen atoms in total. The lowest BCUT2D eigenvalue weighted by Crippen LogP contribution is -2.49. The van der Waals surface area contributed by atoms with Gasteiger partial charge in [-0.2, -0.15) is 0 Å². The minimum atomic E-state index is -0.469. The molecule has 2 amide bonds. The van der Waals surface area contributed by atoms with E-state index in [0.29, 0.717) is 25.9 Å². The van der Waals surface area contributed by atoms with Crippen LogP contribution in [0.5, 0.6) is 0 Å². The first-order valence-corrected chi connectivity index (χ1v) is 10.6. The highest BCUT2D eigenvalue weighted by Gasteiger charge is 2.28. The third-order valence-electron chi connectivity index (χ3n) is 5.25. The van der Waals surface area contributed by atoms with Crippen molar-refractivity contribution in [2.75, 3.05) is 6.54 Å². The van der Waals surface area contributed by atoms with Crippen LogP contribution in [-0.4, -0.2) is 29.3 Å². The maximum atomic E-state index is 13.3. The third kappa shape index (κ3) is 6.74. The maximum absolute atomic E-state index is 13.3. The topological polar surface area (TPSA) is 49.4 Å². The van der Waals surface area contributed by atoms with E-state index in [1.807, 2.05) is 63.2 Å². The smallest absolute Gasteiger partial charge is 0.242 e. The second-order valence-electron chi connectivity index (χ2n) is 7.68. The molecule has 0 aliphatic heterocycles. The van der Waals surface area contributed by atoms with Gasteiger partial charge in [-0.3, -0.25) is 9.59 Å². The average molecular weight is 395 g/mol. The van der Waals surface area contributed by atoms with Crippen LogP contribution in [0.15, 0.2) is 48.5 Å². The number of nitrogens with one attached hydrogen (secondary N) is 1. The van der Waals surface area contributed by atoms with Crippen molar-refractivity contribution < 1.29 is 9.59 Å². The molecule has 2 rings (SSSR count). The molecule has 0 saturated heterocycles. The summed E-state index contributed by atoms with van der Waals surface area (Å²) in [5.41, 5.74) is 4.29. The van der Waals surface area contributed by atoms with E-state index in [2.05, 4.69) is 18.3 Å². The normalized spacial score (nSPS) is 11.7. The molecule has 0 spiro atoms. The van der Waals surface area contributed by atoms with Crippen molar-refractivity contribution in [3.63, 3.8) is 0 Å². The van der Waals surface area contributed by atoms with Gasteiger partial charge in [-0.05, 0) is 43.4 Å². The molecule has 0 fully saturated rings. The Morgan fingerprint density at radius 3 is 2.45 bits per heavy atom. The van der Waals surface area contributed by atoms with Crippen LogP contribution < -0.4 is 5.32 Å². The van der Waals surface area contributed by atoms with Crippen molar-refractivity contribution in [2.45, 2.75) is 66.0 Å². The molecule has 0 aliphatic rings. The summed E-state index contributed by atoms with van der Waals surface area (Å²) in [6, 6.07) is 15.6. The second kappa shape index (κ2) is 11.4. The number of rotatable bonds is 10. The van der Waals surface area contributed by atoms with Crippen LogP contribution >= 0.6 is 0 Å². The molecule has 1 unspecified atom stereocenters. The number of nitrogens with zero attached hydrogens (tertiary/aromatic N) is 1. The van der Waals surface area contributed by atoms with E-state index in [9.17, 15) is 9.59 Å². The number of amides is 2. The van der Waals surface area contributed by atoms with Crippen LogP contribution in [0.25, 0.3) is 0 Å². The van der Waals surface area contributed by atoms with Crippen molar-refractivity contribution in [3.8, 4) is 0 Å². The molecule has 2 aromatic carbocycles. The maximum Gasteiger partial charge on any atom is 0.242 e. The predicted molar refractivity (Wildman–Crippen MR) is 119 cm³/mol. The monoisotopic (exact) mass is 394 g/mol. The fourth-order valence-electron chi connectivity index (χ4n) is 3.51. The number of carbonyl (C=O) groups is 2. The summed E-state index contributed by atoms with van der Waals surface area (Å²) < 4.78 is 0. The van der Waals surface area contributed by atoms with E-state index >= 15 is 0 Å². The number of carbonyl (C=O) groups excluding carboxylic acids is 2. The first-order valence-electron chi connectivity index (χ1n) is 10.6. The molecule has 1 N–H and O–H groups in total. The average Bonchev–Trinajstić information content (AvgIpc) is 2.70. The summed E-state index contributed by atoms with van der Waals surface area (Å²) in [5, 5.41) is 3.01. The van der Waals surface area contributed by atoms with E-state index in [-0.39, 0.29) is 11.8 Å². The van der Waals surface area contributed by atoms with Gasteiger partial charge in [0.2, 0.25) is 11.8 Å². The van der Waals surface area contributed by atoms with Gasteiger partial charge in [0.1, 0.15) is 6.04 Å². The molecule has 2 aromatic rings. The lowest BCUT2D eigenvalue weighted by atomic mass is 10.0. The standard InChI is InChI=1S/C25H34N2O2/c1-5-7-15-26-25(29)23(6-2)27(18-21-13-10-11-19(3)16-21)24(28)17-22-14-9-8-12-20(22)4/h8-14,16,23H,5-7,15,17-18H2,1-4H3,(H,26,29). The van der Waals surface area contributed by atoms with E-state index in [0.717, 1.165) is 35.1 Å². The first-order chi connectivity index (χ1) is 14.0. The number of aryl methyl sites for hydroxylation is 2. The molecule has 0 bridgehead atoms. The lowest BCUT2D eigenvalue weighted by molar-refractivity contribution is -0.140. The number of unbranched alkanes of at least 4 members (excludes halogenated alkanes) is 1. The van der Waals surface area contributed by atoms with Crippen LogP contribution in [0.4, 0.5) is 0 Å². The molecular weight excluding hydrogens is 360 g/mol. The summed E-state index contributed by atoms with van der Waals surface area (Å²) in [5.74, 6) is -0.0787. The van der Waals surface area contributed by atoms with E-state index in [1.54, 1.807) is 4.90 Å². The molecule has 1 atom stereocenters. The molecule has 0 aromatic heterocycles. The number of hydrogen-bond acceptors (Lipinski definition) is 2. The van der Waals surface area contributed by atoms with Crippen molar-refractivity contribution in [1.82, 2.24) is 10.2 Å². The second-order valence-corrected chi connectivity index (χ2v) is 7.68. The Bertz CT molecular complexity index is 816. The van der Waals surface area contributed by atoms with Gasteiger partial charge >= 0.3 is 0 Å². The van der Waals surface area contributed by atoms with Crippen LogP contribution in [0.1, 0.15) is 55.4 Å². The predicted octanol–water partition coefficient (Wildman–Crippen LogP) is 4.57. The number of benzene rings is 2. The highest BCUT2D eigenvalue weighted by molar-refractivity contribution is 5.88. The Morgan fingerprint density at radius 1 is 1.03 bits per heavy atom. The zero-order valence-electron chi connectivity index (χ0n) is 18.2. The lowest BCUT2D eigenvalue weighted by Gasteiger charge is -2.31. The quantitative estimate of drug-likeness (QED) is 0.600. The summed E-state index contributed by atoms with van der Waals surface area (Å²) in [4.78, 5) is 28.0. The van der Waals surface area contributed by atoms with E-state index in [4.69, 9.17) is 0 Å².